The van der Waals surface area contributed by atoms with Crippen LogP contribution >= 0.6 is 0 Å². The SMILES string of the molecule is O=C(NCCc1cccc(F)c1)N(CC1CCOC1)C1CC1. The maximum absolute atomic E-state index is 13.1. The number of ether oxygens (including phenoxy) is 1. The van der Waals surface area contributed by atoms with E-state index in [2.05, 4.69) is 5.32 Å². The normalized spacial score (nSPS) is 20.9. The highest BCUT2D eigenvalue weighted by molar-refractivity contribution is 5.75. The first-order chi connectivity index (χ1) is 10.7. The molecule has 1 N–H and O–H groups in total. The average Bonchev–Trinajstić information content (AvgIpc) is 3.21. The summed E-state index contributed by atoms with van der Waals surface area (Å²) in [7, 11) is 0. The van der Waals surface area contributed by atoms with Gasteiger partial charge in [0.05, 0.1) is 6.61 Å². The predicted molar refractivity (Wildman–Crippen MR) is 82.2 cm³/mol. The van der Waals surface area contributed by atoms with Crippen molar-refractivity contribution in [1.82, 2.24) is 10.2 Å². The first-order valence-corrected chi connectivity index (χ1v) is 8.09. The highest BCUT2D eigenvalue weighted by atomic mass is 19.1. The molecular formula is C17H23FN2O2. The summed E-state index contributed by atoms with van der Waals surface area (Å²) in [6.07, 6.45) is 3.89. The van der Waals surface area contributed by atoms with Gasteiger partial charge < -0.3 is 15.0 Å². The summed E-state index contributed by atoms with van der Waals surface area (Å²) in [4.78, 5) is 14.3. The number of carbonyl (C=O) groups is 1. The van der Waals surface area contributed by atoms with Crippen LogP contribution in [0.1, 0.15) is 24.8 Å². The largest absolute Gasteiger partial charge is 0.381 e. The number of hydrogen-bond donors (Lipinski definition) is 1. The molecule has 1 aliphatic carbocycles. The number of nitrogens with one attached hydrogen (secondary N) is 1. The molecule has 2 amide bonds. The number of nitrogens with zero attached hydrogens (tertiary/aromatic N) is 1. The molecule has 1 aromatic carbocycles. The van der Waals surface area contributed by atoms with Gasteiger partial charge in [-0.25, -0.2) is 9.18 Å². The third kappa shape index (κ3) is 4.19. The van der Waals surface area contributed by atoms with Gasteiger partial charge in [-0.15, -0.1) is 0 Å². The summed E-state index contributed by atoms with van der Waals surface area (Å²) in [5, 5.41) is 2.97. The average molecular weight is 306 g/mol. The number of urea groups is 1. The fraction of sp³-hybridized carbons (Fsp3) is 0.588. The zero-order valence-corrected chi connectivity index (χ0v) is 12.8. The third-order valence-electron chi connectivity index (χ3n) is 4.31. The van der Waals surface area contributed by atoms with Crippen LogP contribution in [0.2, 0.25) is 0 Å². The lowest BCUT2D eigenvalue weighted by molar-refractivity contribution is 0.162. The Morgan fingerprint density at radius 2 is 2.23 bits per heavy atom. The standard InChI is InChI=1S/C17H23FN2O2/c18-15-3-1-2-13(10-15)6-8-19-17(21)20(16-4-5-16)11-14-7-9-22-12-14/h1-3,10,14,16H,4-9,11-12H2,(H,19,21). The first-order valence-electron chi connectivity index (χ1n) is 8.09. The number of benzene rings is 1. The molecule has 1 atom stereocenters. The van der Waals surface area contributed by atoms with Crippen molar-refractivity contribution in [2.75, 3.05) is 26.3 Å². The fourth-order valence-electron chi connectivity index (χ4n) is 2.90. The molecule has 1 unspecified atom stereocenters. The zero-order valence-electron chi connectivity index (χ0n) is 12.8. The van der Waals surface area contributed by atoms with Crippen molar-refractivity contribution in [3.63, 3.8) is 0 Å². The van der Waals surface area contributed by atoms with Crippen LogP contribution in [0.25, 0.3) is 0 Å². The van der Waals surface area contributed by atoms with Gasteiger partial charge in [-0.2, -0.15) is 0 Å². The van der Waals surface area contributed by atoms with Gasteiger partial charge in [-0.05, 0) is 43.4 Å². The summed E-state index contributed by atoms with van der Waals surface area (Å²) < 4.78 is 18.5. The molecule has 5 heteroatoms. The smallest absolute Gasteiger partial charge is 0.317 e. The Bertz CT molecular complexity index is 513. The van der Waals surface area contributed by atoms with E-state index in [0.717, 1.165) is 44.6 Å². The zero-order chi connectivity index (χ0) is 15.4. The Balaban J connectivity index is 1.46. The van der Waals surface area contributed by atoms with E-state index in [4.69, 9.17) is 4.74 Å². The molecule has 0 bridgehead atoms. The molecule has 1 saturated carbocycles. The second kappa shape index (κ2) is 7.09. The highest BCUT2D eigenvalue weighted by Gasteiger charge is 2.34. The van der Waals surface area contributed by atoms with E-state index in [-0.39, 0.29) is 11.8 Å². The van der Waals surface area contributed by atoms with Crippen molar-refractivity contribution in [3.05, 3.63) is 35.6 Å². The lowest BCUT2D eigenvalue weighted by Gasteiger charge is -2.25. The molecule has 2 aliphatic rings. The first kappa shape index (κ1) is 15.3. The van der Waals surface area contributed by atoms with Crippen molar-refractivity contribution < 1.29 is 13.9 Å². The van der Waals surface area contributed by atoms with E-state index in [1.807, 2.05) is 11.0 Å². The molecule has 1 aliphatic heterocycles. The van der Waals surface area contributed by atoms with Gasteiger partial charge in [0.15, 0.2) is 0 Å². The molecule has 0 radical (unpaired) electrons. The van der Waals surface area contributed by atoms with Gasteiger partial charge >= 0.3 is 6.03 Å². The van der Waals surface area contributed by atoms with E-state index in [1.165, 1.54) is 12.1 Å². The van der Waals surface area contributed by atoms with Gasteiger partial charge in [0.1, 0.15) is 5.82 Å². The Kier molecular flexibility index (Phi) is 4.93. The number of hydrogen-bond acceptors (Lipinski definition) is 2. The van der Waals surface area contributed by atoms with Crippen molar-refractivity contribution >= 4 is 6.03 Å². The number of rotatable bonds is 6. The summed E-state index contributed by atoms with van der Waals surface area (Å²) >= 11 is 0. The van der Waals surface area contributed by atoms with Crippen molar-refractivity contribution in [2.24, 2.45) is 5.92 Å². The minimum atomic E-state index is -0.232. The Morgan fingerprint density at radius 3 is 2.91 bits per heavy atom. The third-order valence-corrected chi connectivity index (χ3v) is 4.31. The van der Waals surface area contributed by atoms with Crippen molar-refractivity contribution in [2.45, 2.75) is 31.7 Å². The molecule has 4 nitrogen and oxygen atoms in total. The molecule has 1 saturated heterocycles. The van der Waals surface area contributed by atoms with Crippen LogP contribution in [0, 0.1) is 11.7 Å². The topological polar surface area (TPSA) is 41.6 Å². The maximum atomic E-state index is 13.1. The summed E-state index contributed by atoms with van der Waals surface area (Å²) in [5.74, 6) is 0.235. The molecular weight excluding hydrogens is 283 g/mol. The molecule has 120 valence electrons. The molecule has 0 aromatic heterocycles. The van der Waals surface area contributed by atoms with E-state index < -0.39 is 0 Å². The number of carbonyl (C=O) groups excluding carboxylic acids is 1. The molecule has 0 spiro atoms. The van der Waals surface area contributed by atoms with Gasteiger partial charge in [0, 0.05) is 31.7 Å². The molecule has 22 heavy (non-hydrogen) atoms. The monoisotopic (exact) mass is 306 g/mol. The Hall–Kier alpha value is -1.62. The lowest BCUT2D eigenvalue weighted by Crippen LogP contribution is -2.44. The second-order valence-electron chi connectivity index (χ2n) is 6.23. The van der Waals surface area contributed by atoms with Crippen LogP contribution < -0.4 is 5.32 Å². The van der Waals surface area contributed by atoms with Gasteiger partial charge in [-0.3, -0.25) is 0 Å². The summed E-state index contributed by atoms with van der Waals surface area (Å²) in [6, 6.07) is 6.93. The van der Waals surface area contributed by atoms with Gasteiger partial charge in [0.2, 0.25) is 0 Å². The van der Waals surface area contributed by atoms with Crippen molar-refractivity contribution in [1.29, 1.82) is 0 Å². The van der Waals surface area contributed by atoms with Crippen LogP contribution in [0.5, 0.6) is 0 Å². The highest BCUT2D eigenvalue weighted by Crippen LogP contribution is 2.28. The van der Waals surface area contributed by atoms with Crippen LogP contribution in [-0.4, -0.2) is 43.3 Å². The quantitative estimate of drug-likeness (QED) is 0.877. The summed E-state index contributed by atoms with van der Waals surface area (Å²) in [6.45, 7) is 2.90. The van der Waals surface area contributed by atoms with Crippen LogP contribution in [-0.2, 0) is 11.2 Å². The number of amides is 2. The minimum absolute atomic E-state index is 0.00537. The molecule has 3 rings (SSSR count). The molecule has 2 fully saturated rings. The molecule has 1 heterocycles. The van der Waals surface area contributed by atoms with E-state index in [9.17, 15) is 9.18 Å². The number of halogens is 1. The van der Waals surface area contributed by atoms with Crippen molar-refractivity contribution in [3.8, 4) is 0 Å². The van der Waals surface area contributed by atoms with Gasteiger partial charge in [0.25, 0.3) is 0 Å². The van der Waals surface area contributed by atoms with Crippen LogP contribution in [0.3, 0.4) is 0 Å². The summed E-state index contributed by atoms with van der Waals surface area (Å²) in [5.41, 5.74) is 0.905. The molecule has 1 aromatic rings. The predicted octanol–water partition coefficient (Wildman–Crippen LogP) is 2.58. The van der Waals surface area contributed by atoms with Crippen LogP contribution in [0.4, 0.5) is 9.18 Å². The fourth-order valence-corrected chi connectivity index (χ4v) is 2.90. The second-order valence-corrected chi connectivity index (χ2v) is 6.23. The Morgan fingerprint density at radius 1 is 1.36 bits per heavy atom. The van der Waals surface area contributed by atoms with E-state index in [1.54, 1.807) is 6.07 Å². The van der Waals surface area contributed by atoms with Crippen LogP contribution in [0.15, 0.2) is 24.3 Å². The maximum Gasteiger partial charge on any atom is 0.317 e. The van der Waals surface area contributed by atoms with Gasteiger partial charge in [-0.1, -0.05) is 12.1 Å². The minimum Gasteiger partial charge on any atom is -0.381 e. The van der Waals surface area contributed by atoms with E-state index >= 15 is 0 Å². The lowest BCUT2D eigenvalue weighted by atomic mass is 10.1. The van der Waals surface area contributed by atoms with E-state index in [0.29, 0.717) is 24.9 Å². The Labute approximate surface area is 130 Å².